The predicted molar refractivity (Wildman–Crippen MR) is 89.4 cm³/mol. The Hall–Kier alpha value is -2.15. The quantitative estimate of drug-likeness (QED) is 0.652. The maximum absolute atomic E-state index is 5.12. The predicted octanol–water partition coefficient (Wildman–Crippen LogP) is 2.03. The van der Waals surface area contributed by atoms with E-state index in [1.165, 1.54) is 4.88 Å². The lowest BCUT2D eigenvalue weighted by Gasteiger charge is -2.11. The highest BCUT2D eigenvalue weighted by Crippen LogP contribution is 2.16. The molecule has 0 radical (unpaired) electrons. The van der Waals surface area contributed by atoms with Crippen molar-refractivity contribution in [3.05, 3.63) is 39.5 Å². The third-order valence-electron chi connectivity index (χ3n) is 3.11. The van der Waals surface area contributed by atoms with E-state index in [9.17, 15) is 0 Å². The van der Waals surface area contributed by atoms with Gasteiger partial charge in [-0.25, -0.2) is 9.97 Å². The van der Waals surface area contributed by atoms with Gasteiger partial charge in [-0.1, -0.05) is 0 Å². The zero-order chi connectivity index (χ0) is 15.9. The first kappa shape index (κ1) is 16.2. The Labute approximate surface area is 134 Å². The summed E-state index contributed by atoms with van der Waals surface area (Å²) in [7, 11) is 3.37. The number of aromatic nitrogens is 2. The number of nitrogens with zero attached hydrogens (tertiary/aromatic N) is 3. The van der Waals surface area contributed by atoms with Crippen LogP contribution in [0.25, 0.3) is 0 Å². The number of aryl methyl sites for hydroxylation is 2. The van der Waals surface area contributed by atoms with Gasteiger partial charge in [-0.15, -0.1) is 11.3 Å². The lowest BCUT2D eigenvalue weighted by molar-refractivity contribution is 0.397. The Bertz CT molecular complexity index is 653. The SMILES string of the molecule is CN=C(NCc1ccnc(OC)c1)NCc1sc(C)nc1C. The molecular weight excluding hydrogens is 298 g/mol. The third-order valence-corrected chi connectivity index (χ3v) is 4.18. The number of methoxy groups -OCH3 is 1. The lowest BCUT2D eigenvalue weighted by Crippen LogP contribution is -2.36. The molecule has 2 N–H and O–H groups in total. The second-order valence-electron chi connectivity index (χ2n) is 4.73. The first-order chi connectivity index (χ1) is 10.6. The van der Waals surface area contributed by atoms with Crippen LogP contribution in [0, 0.1) is 13.8 Å². The van der Waals surface area contributed by atoms with E-state index < -0.39 is 0 Å². The monoisotopic (exact) mass is 319 g/mol. The number of hydrogen-bond acceptors (Lipinski definition) is 5. The molecular formula is C15H21N5OS. The van der Waals surface area contributed by atoms with Crippen LogP contribution in [0.3, 0.4) is 0 Å². The number of nitrogens with one attached hydrogen (secondary N) is 2. The second-order valence-corrected chi connectivity index (χ2v) is 6.01. The van der Waals surface area contributed by atoms with Gasteiger partial charge in [0.05, 0.1) is 24.4 Å². The van der Waals surface area contributed by atoms with Crippen LogP contribution in [0.15, 0.2) is 23.3 Å². The molecule has 0 fully saturated rings. The summed E-state index contributed by atoms with van der Waals surface area (Å²) in [6.07, 6.45) is 1.73. The molecule has 0 unspecified atom stereocenters. The van der Waals surface area contributed by atoms with E-state index in [1.807, 2.05) is 26.0 Å². The van der Waals surface area contributed by atoms with Crippen molar-refractivity contribution >= 4 is 17.3 Å². The number of rotatable bonds is 5. The van der Waals surface area contributed by atoms with Crippen LogP contribution in [-0.4, -0.2) is 30.1 Å². The maximum atomic E-state index is 5.12. The molecule has 2 heterocycles. The highest BCUT2D eigenvalue weighted by Gasteiger charge is 2.06. The van der Waals surface area contributed by atoms with Crippen molar-refractivity contribution in [2.24, 2.45) is 4.99 Å². The Kier molecular flexibility index (Phi) is 5.71. The van der Waals surface area contributed by atoms with E-state index in [2.05, 4.69) is 25.6 Å². The van der Waals surface area contributed by atoms with Crippen LogP contribution in [0.2, 0.25) is 0 Å². The van der Waals surface area contributed by atoms with Crippen LogP contribution >= 0.6 is 11.3 Å². The van der Waals surface area contributed by atoms with E-state index in [4.69, 9.17) is 4.74 Å². The average molecular weight is 319 g/mol. The van der Waals surface area contributed by atoms with Crippen molar-refractivity contribution < 1.29 is 4.74 Å². The number of aliphatic imine (C=N–C) groups is 1. The smallest absolute Gasteiger partial charge is 0.213 e. The number of ether oxygens (including phenoxy) is 1. The Morgan fingerprint density at radius 3 is 2.73 bits per heavy atom. The van der Waals surface area contributed by atoms with E-state index in [1.54, 1.807) is 31.7 Å². The molecule has 22 heavy (non-hydrogen) atoms. The number of hydrogen-bond donors (Lipinski definition) is 2. The van der Waals surface area contributed by atoms with Gasteiger partial charge in [0.1, 0.15) is 0 Å². The largest absolute Gasteiger partial charge is 0.481 e. The van der Waals surface area contributed by atoms with E-state index in [-0.39, 0.29) is 0 Å². The lowest BCUT2D eigenvalue weighted by atomic mass is 10.2. The van der Waals surface area contributed by atoms with Crippen molar-refractivity contribution in [2.45, 2.75) is 26.9 Å². The van der Waals surface area contributed by atoms with Crippen LogP contribution in [0.5, 0.6) is 5.88 Å². The summed E-state index contributed by atoms with van der Waals surface area (Å²) in [4.78, 5) is 14.0. The van der Waals surface area contributed by atoms with Gasteiger partial charge in [-0.3, -0.25) is 4.99 Å². The molecule has 0 spiro atoms. The summed E-state index contributed by atoms with van der Waals surface area (Å²) in [6, 6.07) is 3.84. The number of guanidine groups is 1. The summed E-state index contributed by atoms with van der Waals surface area (Å²) in [5, 5.41) is 7.66. The van der Waals surface area contributed by atoms with Gasteiger partial charge >= 0.3 is 0 Å². The van der Waals surface area contributed by atoms with Crippen molar-refractivity contribution in [2.75, 3.05) is 14.2 Å². The van der Waals surface area contributed by atoms with Gasteiger partial charge in [0, 0.05) is 30.7 Å². The average Bonchev–Trinajstić information content (AvgIpc) is 2.85. The number of pyridine rings is 1. The summed E-state index contributed by atoms with van der Waals surface area (Å²) in [5.41, 5.74) is 2.16. The van der Waals surface area contributed by atoms with Crippen LogP contribution in [0.4, 0.5) is 0 Å². The van der Waals surface area contributed by atoms with E-state index in [0.717, 1.165) is 28.8 Å². The molecule has 0 aliphatic carbocycles. The van der Waals surface area contributed by atoms with Gasteiger partial charge in [0.15, 0.2) is 5.96 Å². The molecule has 0 saturated heterocycles. The van der Waals surface area contributed by atoms with Crippen LogP contribution in [0.1, 0.15) is 21.1 Å². The molecule has 7 heteroatoms. The molecule has 0 bridgehead atoms. The minimum Gasteiger partial charge on any atom is -0.481 e. The van der Waals surface area contributed by atoms with Crippen molar-refractivity contribution in [3.63, 3.8) is 0 Å². The fourth-order valence-corrected chi connectivity index (χ4v) is 2.86. The topological polar surface area (TPSA) is 71.4 Å². The fraction of sp³-hybridized carbons (Fsp3) is 0.400. The van der Waals surface area contributed by atoms with Gasteiger partial charge in [0.2, 0.25) is 5.88 Å². The Morgan fingerprint density at radius 2 is 2.09 bits per heavy atom. The molecule has 2 aromatic heterocycles. The third kappa shape index (κ3) is 4.42. The molecule has 118 valence electrons. The van der Waals surface area contributed by atoms with Crippen molar-refractivity contribution in [3.8, 4) is 5.88 Å². The highest BCUT2D eigenvalue weighted by molar-refractivity contribution is 7.11. The Morgan fingerprint density at radius 1 is 1.32 bits per heavy atom. The zero-order valence-electron chi connectivity index (χ0n) is 13.3. The normalized spacial score (nSPS) is 11.4. The summed E-state index contributed by atoms with van der Waals surface area (Å²) >= 11 is 1.71. The molecule has 2 aromatic rings. The summed E-state index contributed by atoms with van der Waals surface area (Å²) in [5.74, 6) is 1.36. The first-order valence-electron chi connectivity index (χ1n) is 6.98. The van der Waals surface area contributed by atoms with Gasteiger partial charge in [-0.05, 0) is 25.5 Å². The van der Waals surface area contributed by atoms with Gasteiger partial charge in [-0.2, -0.15) is 0 Å². The van der Waals surface area contributed by atoms with E-state index >= 15 is 0 Å². The van der Waals surface area contributed by atoms with Crippen molar-refractivity contribution in [1.29, 1.82) is 0 Å². The molecule has 0 atom stereocenters. The number of thiazole rings is 1. The molecule has 6 nitrogen and oxygen atoms in total. The summed E-state index contributed by atoms with van der Waals surface area (Å²) < 4.78 is 5.12. The Balaban J connectivity index is 1.88. The molecule has 0 aliphatic rings. The molecule has 2 rings (SSSR count). The first-order valence-corrected chi connectivity index (χ1v) is 7.80. The highest BCUT2D eigenvalue weighted by atomic mass is 32.1. The van der Waals surface area contributed by atoms with Gasteiger partial charge in [0.25, 0.3) is 0 Å². The van der Waals surface area contributed by atoms with Gasteiger partial charge < -0.3 is 15.4 Å². The van der Waals surface area contributed by atoms with E-state index in [0.29, 0.717) is 12.4 Å². The zero-order valence-corrected chi connectivity index (χ0v) is 14.1. The van der Waals surface area contributed by atoms with Crippen LogP contribution in [-0.2, 0) is 13.1 Å². The molecule has 0 saturated carbocycles. The molecule has 0 aromatic carbocycles. The minimum absolute atomic E-state index is 0.609. The van der Waals surface area contributed by atoms with Crippen LogP contribution < -0.4 is 15.4 Å². The molecule has 0 aliphatic heterocycles. The molecule has 0 amide bonds. The van der Waals surface area contributed by atoms with Crippen molar-refractivity contribution in [1.82, 2.24) is 20.6 Å². The second kappa shape index (κ2) is 7.74. The fourth-order valence-electron chi connectivity index (χ4n) is 1.98. The maximum Gasteiger partial charge on any atom is 0.213 e. The minimum atomic E-state index is 0.609. The summed E-state index contributed by atoms with van der Waals surface area (Å²) in [6.45, 7) is 5.42. The standard InChI is InChI=1S/C15H21N5OS/c1-10-13(22-11(2)20-10)9-19-15(16-3)18-8-12-5-6-17-14(7-12)21-4/h5-7H,8-9H2,1-4H3,(H2,16,18,19).